The van der Waals surface area contributed by atoms with Gasteiger partial charge < -0.3 is 10.6 Å². The highest BCUT2D eigenvalue weighted by Crippen LogP contribution is 2.23. The molecule has 2 N–H and O–H groups in total. The molecule has 1 heterocycles. The van der Waals surface area contributed by atoms with E-state index in [1.807, 2.05) is 25.6 Å². The van der Waals surface area contributed by atoms with Crippen LogP contribution in [0.3, 0.4) is 0 Å². The summed E-state index contributed by atoms with van der Waals surface area (Å²) in [6.07, 6.45) is 7.20. The van der Waals surface area contributed by atoms with Crippen molar-refractivity contribution in [3.63, 3.8) is 0 Å². The van der Waals surface area contributed by atoms with Crippen molar-refractivity contribution in [1.29, 1.82) is 0 Å². The summed E-state index contributed by atoms with van der Waals surface area (Å²) in [7, 11) is 1.91. The van der Waals surface area contributed by atoms with Crippen molar-refractivity contribution in [3.8, 4) is 0 Å². The van der Waals surface area contributed by atoms with E-state index in [-0.39, 0.29) is 11.8 Å². The molecular weight excluding hydrogens is 328 g/mol. The molecule has 2 rings (SSSR count). The fourth-order valence-electron chi connectivity index (χ4n) is 3.73. The van der Waals surface area contributed by atoms with Crippen LogP contribution >= 0.6 is 0 Å². The molecule has 0 radical (unpaired) electrons. The van der Waals surface area contributed by atoms with Crippen molar-refractivity contribution < 1.29 is 9.59 Å². The number of carbonyl (C=O) groups is 2. The van der Waals surface area contributed by atoms with E-state index >= 15 is 0 Å². The molecule has 0 unspecified atom stereocenters. The van der Waals surface area contributed by atoms with Gasteiger partial charge in [-0.15, -0.1) is 0 Å². The third kappa shape index (κ3) is 5.32. The molecule has 1 aliphatic rings. The standard InChI is InChI=1S/C20H34N4O2/c1-14-17(15(2)24(5)23-14)11-12-18(25)22-20(3,4)19(26)21-13-16-9-7-6-8-10-16/h16H,6-13H2,1-5H3,(H,21,26)(H,22,25). The first-order valence-corrected chi connectivity index (χ1v) is 9.79. The molecule has 1 fully saturated rings. The zero-order valence-electron chi connectivity index (χ0n) is 16.9. The summed E-state index contributed by atoms with van der Waals surface area (Å²) >= 11 is 0. The molecule has 0 saturated heterocycles. The summed E-state index contributed by atoms with van der Waals surface area (Å²) in [5.74, 6) is 0.367. The topological polar surface area (TPSA) is 76.0 Å². The van der Waals surface area contributed by atoms with Gasteiger partial charge in [0.2, 0.25) is 11.8 Å². The minimum absolute atomic E-state index is 0.106. The summed E-state index contributed by atoms with van der Waals surface area (Å²) in [4.78, 5) is 24.8. The number of nitrogens with one attached hydrogen (secondary N) is 2. The van der Waals surface area contributed by atoms with Gasteiger partial charge in [0.05, 0.1) is 5.69 Å². The van der Waals surface area contributed by atoms with Gasteiger partial charge >= 0.3 is 0 Å². The maximum atomic E-state index is 12.5. The Hall–Kier alpha value is -1.85. The quantitative estimate of drug-likeness (QED) is 0.783. The molecule has 1 aromatic rings. The Morgan fingerprint density at radius 2 is 1.85 bits per heavy atom. The SMILES string of the molecule is Cc1nn(C)c(C)c1CCC(=O)NC(C)(C)C(=O)NCC1CCCCC1. The number of hydrogen-bond acceptors (Lipinski definition) is 3. The molecule has 0 atom stereocenters. The Kier molecular flexibility index (Phi) is 6.84. The number of nitrogens with zero attached hydrogens (tertiary/aromatic N) is 2. The second-order valence-corrected chi connectivity index (χ2v) is 8.16. The van der Waals surface area contributed by atoms with Crippen LogP contribution in [0.4, 0.5) is 0 Å². The highest BCUT2D eigenvalue weighted by atomic mass is 16.2. The van der Waals surface area contributed by atoms with E-state index in [2.05, 4.69) is 15.7 Å². The van der Waals surface area contributed by atoms with Gasteiger partial charge in [0.1, 0.15) is 5.54 Å². The number of rotatable bonds is 7. The molecule has 0 bridgehead atoms. The van der Waals surface area contributed by atoms with E-state index in [1.165, 1.54) is 32.1 Å². The maximum Gasteiger partial charge on any atom is 0.245 e. The van der Waals surface area contributed by atoms with E-state index in [0.29, 0.717) is 25.3 Å². The number of aromatic nitrogens is 2. The van der Waals surface area contributed by atoms with Gasteiger partial charge in [-0.1, -0.05) is 19.3 Å². The van der Waals surface area contributed by atoms with Crippen molar-refractivity contribution in [1.82, 2.24) is 20.4 Å². The lowest BCUT2D eigenvalue weighted by atomic mass is 9.89. The number of aryl methyl sites for hydroxylation is 2. The van der Waals surface area contributed by atoms with Crippen LogP contribution < -0.4 is 10.6 Å². The van der Waals surface area contributed by atoms with Gasteiger partial charge in [-0.05, 0) is 58.4 Å². The first-order valence-electron chi connectivity index (χ1n) is 9.79. The van der Waals surface area contributed by atoms with Gasteiger partial charge in [0.15, 0.2) is 0 Å². The normalized spacial score (nSPS) is 15.7. The largest absolute Gasteiger partial charge is 0.354 e. The molecule has 0 aliphatic heterocycles. The summed E-state index contributed by atoms with van der Waals surface area (Å²) in [5.41, 5.74) is 2.26. The van der Waals surface area contributed by atoms with Crippen LogP contribution in [0.15, 0.2) is 0 Å². The van der Waals surface area contributed by atoms with E-state index < -0.39 is 5.54 Å². The van der Waals surface area contributed by atoms with Crippen molar-refractivity contribution in [2.45, 2.75) is 78.2 Å². The monoisotopic (exact) mass is 362 g/mol. The predicted octanol–water partition coefficient (Wildman–Crippen LogP) is 2.56. The van der Waals surface area contributed by atoms with E-state index in [4.69, 9.17) is 0 Å². The first kappa shape index (κ1) is 20.5. The first-order chi connectivity index (χ1) is 12.2. The Morgan fingerprint density at radius 1 is 1.19 bits per heavy atom. The Bertz CT molecular complexity index is 642. The third-order valence-corrected chi connectivity index (χ3v) is 5.56. The highest BCUT2D eigenvalue weighted by molar-refractivity contribution is 5.90. The minimum atomic E-state index is -0.898. The molecular formula is C20H34N4O2. The van der Waals surface area contributed by atoms with Crippen LogP contribution in [-0.4, -0.2) is 33.7 Å². The van der Waals surface area contributed by atoms with Crippen molar-refractivity contribution in [3.05, 3.63) is 17.0 Å². The highest BCUT2D eigenvalue weighted by Gasteiger charge is 2.30. The molecule has 1 aliphatic carbocycles. The van der Waals surface area contributed by atoms with E-state index in [9.17, 15) is 9.59 Å². The van der Waals surface area contributed by atoms with Gasteiger partial charge in [-0.3, -0.25) is 14.3 Å². The second kappa shape index (κ2) is 8.69. The molecule has 1 aromatic heterocycles. The van der Waals surface area contributed by atoms with Gasteiger partial charge in [0, 0.05) is 25.7 Å². The molecule has 26 heavy (non-hydrogen) atoms. The zero-order valence-corrected chi connectivity index (χ0v) is 16.9. The maximum absolute atomic E-state index is 12.5. The van der Waals surface area contributed by atoms with Crippen molar-refractivity contribution >= 4 is 11.8 Å². The Morgan fingerprint density at radius 3 is 2.42 bits per heavy atom. The lowest BCUT2D eigenvalue weighted by molar-refractivity contribution is -0.132. The summed E-state index contributed by atoms with van der Waals surface area (Å²) < 4.78 is 1.84. The van der Waals surface area contributed by atoms with Crippen LogP contribution in [0.2, 0.25) is 0 Å². The third-order valence-electron chi connectivity index (χ3n) is 5.56. The molecule has 1 saturated carbocycles. The van der Waals surface area contributed by atoms with Gasteiger partial charge in [-0.25, -0.2) is 0 Å². The summed E-state index contributed by atoms with van der Waals surface area (Å²) in [5, 5.41) is 10.3. The Balaban J connectivity index is 1.80. The van der Waals surface area contributed by atoms with Crippen LogP contribution in [0.5, 0.6) is 0 Å². The van der Waals surface area contributed by atoms with Crippen LogP contribution in [0.25, 0.3) is 0 Å². The predicted molar refractivity (Wildman–Crippen MR) is 103 cm³/mol. The van der Waals surface area contributed by atoms with Crippen molar-refractivity contribution in [2.24, 2.45) is 13.0 Å². The number of carbonyl (C=O) groups excluding carboxylic acids is 2. The minimum Gasteiger partial charge on any atom is -0.354 e. The molecule has 0 aromatic carbocycles. The average molecular weight is 363 g/mol. The molecule has 0 spiro atoms. The van der Waals surface area contributed by atoms with E-state index in [0.717, 1.165) is 17.0 Å². The van der Waals surface area contributed by atoms with Crippen LogP contribution in [0, 0.1) is 19.8 Å². The molecule has 2 amide bonds. The number of hydrogen-bond donors (Lipinski definition) is 2. The molecule has 6 nitrogen and oxygen atoms in total. The average Bonchev–Trinajstić information content (AvgIpc) is 2.83. The van der Waals surface area contributed by atoms with Gasteiger partial charge in [0.25, 0.3) is 0 Å². The number of amides is 2. The van der Waals surface area contributed by atoms with Crippen LogP contribution in [-0.2, 0) is 23.1 Å². The summed E-state index contributed by atoms with van der Waals surface area (Å²) in [6.45, 7) is 8.22. The Labute approximate surface area is 157 Å². The molecule has 146 valence electrons. The molecule has 6 heteroatoms. The lowest BCUT2D eigenvalue weighted by Gasteiger charge is -2.28. The summed E-state index contributed by atoms with van der Waals surface area (Å²) in [6, 6.07) is 0. The van der Waals surface area contributed by atoms with Gasteiger partial charge in [-0.2, -0.15) is 5.10 Å². The fraction of sp³-hybridized carbons (Fsp3) is 0.750. The van der Waals surface area contributed by atoms with E-state index in [1.54, 1.807) is 13.8 Å². The lowest BCUT2D eigenvalue weighted by Crippen LogP contribution is -2.55. The fourth-order valence-corrected chi connectivity index (χ4v) is 3.73. The van der Waals surface area contributed by atoms with Crippen molar-refractivity contribution in [2.75, 3.05) is 6.54 Å². The second-order valence-electron chi connectivity index (χ2n) is 8.16. The van der Waals surface area contributed by atoms with Crippen LogP contribution in [0.1, 0.15) is 69.3 Å². The zero-order chi connectivity index (χ0) is 19.3. The smallest absolute Gasteiger partial charge is 0.245 e.